The summed E-state index contributed by atoms with van der Waals surface area (Å²) in [7, 11) is 3.18. The summed E-state index contributed by atoms with van der Waals surface area (Å²) in [4.78, 5) is 12.2. The molecule has 1 amide bonds. The number of carbonyl (C=O) groups is 1. The fourth-order valence-corrected chi connectivity index (χ4v) is 2.18. The van der Waals surface area contributed by atoms with Crippen molar-refractivity contribution in [2.75, 3.05) is 14.2 Å². The number of ether oxygens (including phenoxy) is 2. The summed E-state index contributed by atoms with van der Waals surface area (Å²) in [6.45, 7) is 3.69. The van der Waals surface area contributed by atoms with Gasteiger partial charge in [0.25, 0.3) is 5.91 Å². The molecule has 0 saturated heterocycles. The Morgan fingerprint density at radius 2 is 1.78 bits per heavy atom. The normalized spacial score (nSPS) is 11.0. The maximum Gasteiger partial charge on any atom is 0.271 e. The van der Waals surface area contributed by atoms with Crippen LogP contribution in [0, 0.1) is 6.92 Å². The molecule has 0 aromatic heterocycles. The molecule has 0 aliphatic carbocycles. The van der Waals surface area contributed by atoms with E-state index in [-0.39, 0.29) is 5.91 Å². The molecule has 1 N–H and O–H groups in total. The number of nitrogens with zero attached hydrogens (tertiary/aromatic N) is 1. The van der Waals surface area contributed by atoms with Crippen molar-refractivity contribution in [1.29, 1.82) is 0 Å². The molecule has 5 nitrogen and oxygen atoms in total. The van der Waals surface area contributed by atoms with E-state index >= 15 is 0 Å². The van der Waals surface area contributed by atoms with Gasteiger partial charge in [-0.1, -0.05) is 18.2 Å². The molecule has 0 spiro atoms. The van der Waals surface area contributed by atoms with Crippen LogP contribution in [-0.4, -0.2) is 25.8 Å². The highest BCUT2D eigenvalue weighted by atomic mass is 16.5. The van der Waals surface area contributed by atoms with Gasteiger partial charge >= 0.3 is 0 Å². The van der Waals surface area contributed by atoms with E-state index in [0.717, 1.165) is 11.1 Å². The predicted molar refractivity (Wildman–Crippen MR) is 90.4 cm³/mol. The van der Waals surface area contributed by atoms with Crippen LogP contribution in [0.4, 0.5) is 0 Å². The largest absolute Gasteiger partial charge is 0.497 e. The molecule has 2 aromatic rings. The van der Waals surface area contributed by atoms with Gasteiger partial charge in [-0.3, -0.25) is 4.79 Å². The van der Waals surface area contributed by atoms with Crippen LogP contribution < -0.4 is 14.9 Å². The summed E-state index contributed by atoms with van der Waals surface area (Å²) in [5, 5.41) is 4.18. The van der Waals surface area contributed by atoms with Gasteiger partial charge in [-0.2, -0.15) is 5.10 Å². The SMILES string of the molecule is COc1ccc(OC)c(/C(C)=N\NC(=O)c2ccccc2C)c1. The first kappa shape index (κ1) is 16.5. The molecule has 5 heteroatoms. The molecule has 0 unspecified atom stereocenters. The first-order valence-electron chi connectivity index (χ1n) is 7.19. The van der Waals surface area contributed by atoms with Crippen molar-refractivity contribution < 1.29 is 14.3 Å². The maximum absolute atomic E-state index is 12.2. The first-order chi connectivity index (χ1) is 11.1. The third kappa shape index (κ3) is 3.88. The zero-order valence-corrected chi connectivity index (χ0v) is 13.7. The summed E-state index contributed by atoms with van der Waals surface area (Å²) in [5.74, 6) is 1.11. The van der Waals surface area contributed by atoms with Crippen molar-refractivity contribution in [3.8, 4) is 11.5 Å². The van der Waals surface area contributed by atoms with Gasteiger partial charge in [0.2, 0.25) is 0 Å². The number of hydrogen-bond acceptors (Lipinski definition) is 4. The zero-order chi connectivity index (χ0) is 16.8. The van der Waals surface area contributed by atoms with Crippen molar-refractivity contribution in [2.45, 2.75) is 13.8 Å². The monoisotopic (exact) mass is 312 g/mol. The molecule has 0 radical (unpaired) electrons. The van der Waals surface area contributed by atoms with E-state index in [0.29, 0.717) is 22.8 Å². The maximum atomic E-state index is 12.2. The van der Waals surface area contributed by atoms with Crippen LogP contribution in [0.15, 0.2) is 47.6 Å². The minimum Gasteiger partial charge on any atom is -0.497 e. The molecule has 0 bridgehead atoms. The summed E-state index contributed by atoms with van der Waals surface area (Å²) in [5.41, 5.74) is 5.47. The fourth-order valence-electron chi connectivity index (χ4n) is 2.18. The molecule has 0 atom stereocenters. The number of benzene rings is 2. The summed E-state index contributed by atoms with van der Waals surface area (Å²) < 4.78 is 10.5. The van der Waals surface area contributed by atoms with E-state index in [2.05, 4.69) is 10.5 Å². The minimum absolute atomic E-state index is 0.246. The van der Waals surface area contributed by atoms with Crippen LogP contribution in [0.3, 0.4) is 0 Å². The number of amides is 1. The summed E-state index contributed by atoms with van der Waals surface area (Å²) in [6, 6.07) is 12.8. The van der Waals surface area contributed by atoms with Gasteiger partial charge in [-0.15, -0.1) is 0 Å². The van der Waals surface area contributed by atoms with Gasteiger partial charge in [-0.05, 0) is 43.7 Å². The van der Waals surface area contributed by atoms with Crippen LogP contribution in [0.25, 0.3) is 0 Å². The molecule has 0 aliphatic heterocycles. The van der Waals surface area contributed by atoms with Crippen LogP contribution in [0.1, 0.15) is 28.4 Å². The summed E-state index contributed by atoms with van der Waals surface area (Å²) in [6.07, 6.45) is 0. The van der Waals surface area contributed by atoms with Gasteiger partial charge in [0.15, 0.2) is 0 Å². The van der Waals surface area contributed by atoms with E-state index in [9.17, 15) is 4.79 Å². The van der Waals surface area contributed by atoms with Crippen molar-refractivity contribution >= 4 is 11.6 Å². The highest BCUT2D eigenvalue weighted by Crippen LogP contribution is 2.24. The van der Waals surface area contributed by atoms with Gasteiger partial charge in [0.05, 0.1) is 19.9 Å². The van der Waals surface area contributed by atoms with Crippen molar-refractivity contribution in [1.82, 2.24) is 5.43 Å². The standard InChI is InChI=1S/C18H20N2O3/c1-12-7-5-6-8-15(12)18(21)20-19-13(2)16-11-14(22-3)9-10-17(16)23-4/h5-11H,1-4H3,(H,20,21)/b19-13-. The third-order valence-electron chi connectivity index (χ3n) is 3.51. The highest BCUT2D eigenvalue weighted by Gasteiger charge is 2.10. The van der Waals surface area contributed by atoms with E-state index in [1.54, 1.807) is 33.3 Å². The van der Waals surface area contributed by atoms with Crippen molar-refractivity contribution in [2.24, 2.45) is 5.10 Å². The lowest BCUT2D eigenvalue weighted by atomic mass is 10.1. The number of nitrogens with one attached hydrogen (secondary N) is 1. The number of methoxy groups -OCH3 is 2. The quantitative estimate of drug-likeness (QED) is 0.681. The Balaban J connectivity index is 2.23. The molecule has 120 valence electrons. The average Bonchev–Trinajstić information content (AvgIpc) is 2.59. The fraction of sp³-hybridized carbons (Fsp3) is 0.222. The lowest BCUT2D eigenvalue weighted by Crippen LogP contribution is -2.20. The number of aryl methyl sites for hydroxylation is 1. The molecule has 0 saturated carbocycles. The molecular weight excluding hydrogens is 292 g/mol. The van der Waals surface area contributed by atoms with Gasteiger partial charge in [-0.25, -0.2) is 5.43 Å². The lowest BCUT2D eigenvalue weighted by molar-refractivity contribution is 0.0954. The molecule has 2 aromatic carbocycles. The first-order valence-corrected chi connectivity index (χ1v) is 7.19. The Morgan fingerprint density at radius 1 is 1.04 bits per heavy atom. The number of hydrazone groups is 1. The summed E-state index contributed by atoms with van der Waals surface area (Å²) >= 11 is 0. The molecular formula is C18H20N2O3. The van der Waals surface area contributed by atoms with Gasteiger partial charge < -0.3 is 9.47 Å². The second-order valence-corrected chi connectivity index (χ2v) is 5.02. The van der Waals surface area contributed by atoms with Crippen LogP contribution in [0.2, 0.25) is 0 Å². The molecule has 0 fully saturated rings. The number of hydrogen-bond donors (Lipinski definition) is 1. The van der Waals surface area contributed by atoms with Crippen LogP contribution >= 0.6 is 0 Å². The second-order valence-electron chi connectivity index (χ2n) is 5.02. The zero-order valence-electron chi connectivity index (χ0n) is 13.7. The molecule has 0 heterocycles. The lowest BCUT2D eigenvalue weighted by Gasteiger charge is -2.10. The smallest absolute Gasteiger partial charge is 0.271 e. The molecule has 0 aliphatic rings. The Morgan fingerprint density at radius 3 is 2.43 bits per heavy atom. The van der Waals surface area contributed by atoms with Crippen molar-refractivity contribution in [3.63, 3.8) is 0 Å². The Bertz CT molecular complexity index is 739. The van der Waals surface area contributed by atoms with E-state index in [1.165, 1.54) is 0 Å². The third-order valence-corrected chi connectivity index (χ3v) is 3.51. The van der Waals surface area contributed by atoms with Crippen LogP contribution in [-0.2, 0) is 0 Å². The second kappa shape index (κ2) is 7.45. The van der Waals surface area contributed by atoms with E-state index in [4.69, 9.17) is 9.47 Å². The Kier molecular flexibility index (Phi) is 5.36. The average molecular weight is 312 g/mol. The Labute approximate surface area is 135 Å². The van der Waals surface area contributed by atoms with E-state index < -0.39 is 0 Å². The minimum atomic E-state index is -0.246. The Hall–Kier alpha value is -2.82. The molecule has 2 rings (SSSR count). The van der Waals surface area contributed by atoms with Gasteiger partial charge in [0.1, 0.15) is 11.5 Å². The van der Waals surface area contributed by atoms with Gasteiger partial charge in [0, 0.05) is 11.1 Å². The van der Waals surface area contributed by atoms with Crippen LogP contribution in [0.5, 0.6) is 11.5 Å². The molecule has 23 heavy (non-hydrogen) atoms. The van der Waals surface area contributed by atoms with E-state index in [1.807, 2.05) is 37.3 Å². The van der Waals surface area contributed by atoms with Crippen molar-refractivity contribution in [3.05, 3.63) is 59.2 Å². The number of rotatable bonds is 5. The highest BCUT2D eigenvalue weighted by molar-refractivity contribution is 6.03. The topological polar surface area (TPSA) is 59.9 Å². The predicted octanol–water partition coefficient (Wildman–Crippen LogP) is 3.17. The number of carbonyl (C=O) groups excluding carboxylic acids is 1.